The van der Waals surface area contributed by atoms with Crippen LogP contribution in [0.2, 0.25) is 0 Å². The number of anilines is 3. The van der Waals surface area contributed by atoms with E-state index >= 15 is 0 Å². The normalized spacial score (nSPS) is 19.0. The number of benzene rings is 6. The highest BCUT2D eigenvalue weighted by Crippen LogP contribution is 2.52. The van der Waals surface area contributed by atoms with Crippen molar-refractivity contribution >= 4 is 40.2 Å². The SMILES string of the molecule is CC1(C)CCC(C)(C)c2cc(N3c4cc5c(cc4B4c6ccccc6-c6cc(-c7cccc(-c8ccccc8)c7)cc3c64)C(C)(C)CCC5(C)C)ccc21. The Labute approximate surface area is 323 Å². The lowest BCUT2D eigenvalue weighted by Crippen LogP contribution is -2.55. The summed E-state index contributed by atoms with van der Waals surface area (Å²) in [5.41, 5.74) is 22.6. The first kappa shape index (κ1) is 33.7. The maximum absolute atomic E-state index is 2.68. The van der Waals surface area contributed by atoms with Gasteiger partial charge in [-0.3, -0.25) is 0 Å². The molecule has 0 radical (unpaired) electrons. The first-order valence-electron chi connectivity index (χ1n) is 20.3. The standard InChI is InChI=1S/C52H52BN/c1-49(2)23-24-50(3,4)41-30-37(21-22-40(41)49)54-46-32-43-42(51(5,6)25-26-52(43,7)8)31-45(46)53-44-20-13-12-19-38(44)39-28-36(29-47(54)48(39)53)35-18-14-17-34(27-35)33-15-10-9-11-16-33/h9-22,27-32H,23-26H2,1-8H3. The predicted molar refractivity (Wildman–Crippen MR) is 233 cm³/mol. The van der Waals surface area contributed by atoms with E-state index in [1.165, 1.54) is 115 Å². The molecule has 0 fully saturated rings. The highest BCUT2D eigenvalue weighted by Gasteiger charge is 2.46. The van der Waals surface area contributed by atoms with Crippen molar-refractivity contribution in [3.8, 4) is 33.4 Å². The van der Waals surface area contributed by atoms with Crippen LogP contribution < -0.4 is 21.3 Å². The molecule has 10 rings (SSSR count). The van der Waals surface area contributed by atoms with Gasteiger partial charge in [0.05, 0.1) is 0 Å². The summed E-state index contributed by atoms with van der Waals surface area (Å²) in [5, 5.41) is 0. The van der Waals surface area contributed by atoms with Crippen molar-refractivity contribution in [3.63, 3.8) is 0 Å². The van der Waals surface area contributed by atoms with E-state index in [0.717, 1.165) is 0 Å². The van der Waals surface area contributed by atoms with Crippen LogP contribution in [0.15, 0.2) is 121 Å². The summed E-state index contributed by atoms with van der Waals surface area (Å²) >= 11 is 0. The molecule has 0 saturated heterocycles. The maximum Gasteiger partial charge on any atom is 0.248 e. The van der Waals surface area contributed by atoms with Gasteiger partial charge < -0.3 is 4.90 Å². The first-order valence-corrected chi connectivity index (χ1v) is 20.3. The van der Waals surface area contributed by atoms with Crippen LogP contribution in [0.4, 0.5) is 17.1 Å². The van der Waals surface area contributed by atoms with Crippen LogP contribution >= 0.6 is 0 Å². The molecule has 0 bridgehead atoms. The molecule has 0 amide bonds. The quantitative estimate of drug-likeness (QED) is 0.166. The number of rotatable bonds is 3. The molecule has 4 aliphatic rings. The van der Waals surface area contributed by atoms with Gasteiger partial charge in [-0.15, -0.1) is 0 Å². The molecular formula is C52H52BN. The van der Waals surface area contributed by atoms with Gasteiger partial charge in [0.25, 0.3) is 0 Å². The third-order valence-electron chi connectivity index (χ3n) is 14.2. The summed E-state index contributed by atoms with van der Waals surface area (Å²) in [6.45, 7) is 19.9. The van der Waals surface area contributed by atoms with Crippen molar-refractivity contribution in [1.82, 2.24) is 0 Å². The molecular weight excluding hydrogens is 649 g/mol. The van der Waals surface area contributed by atoms with Gasteiger partial charge in [-0.25, -0.2) is 0 Å². The molecule has 0 atom stereocenters. The molecule has 2 heteroatoms. The van der Waals surface area contributed by atoms with Crippen LogP contribution in [-0.4, -0.2) is 6.71 Å². The molecule has 2 heterocycles. The lowest BCUT2D eigenvalue weighted by atomic mass is 9.36. The zero-order valence-corrected chi connectivity index (χ0v) is 33.4. The number of hydrogen-bond donors (Lipinski definition) is 0. The molecule has 0 saturated carbocycles. The van der Waals surface area contributed by atoms with E-state index in [1.807, 2.05) is 0 Å². The second kappa shape index (κ2) is 11.4. The highest BCUT2D eigenvalue weighted by molar-refractivity contribution is 7.01. The fourth-order valence-corrected chi connectivity index (χ4v) is 10.7. The fraction of sp³-hybridized carbons (Fsp3) is 0.308. The molecule has 0 aromatic heterocycles. The Kier molecular flexibility index (Phi) is 7.10. The molecule has 6 aromatic carbocycles. The average Bonchev–Trinajstić information content (AvgIpc) is 3.50. The number of fused-ring (bicyclic) bond motifs is 7. The Hall–Kier alpha value is -4.82. The van der Waals surface area contributed by atoms with Gasteiger partial charge in [0, 0.05) is 17.1 Å². The van der Waals surface area contributed by atoms with Crippen LogP contribution in [0.3, 0.4) is 0 Å². The van der Waals surface area contributed by atoms with E-state index in [0.29, 0.717) is 0 Å². The highest BCUT2D eigenvalue weighted by atomic mass is 15.2. The first-order chi connectivity index (χ1) is 25.7. The van der Waals surface area contributed by atoms with Crippen molar-refractivity contribution in [2.45, 2.75) is 103 Å². The zero-order chi connectivity index (χ0) is 37.4. The van der Waals surface area contributed by atoms with Gasteiger partial charge in [-0.2, -0.15) is 0 Å². The van der Waals surface area contributed by atoms with E-state index < -0.39 is 0 Å². The average molecular weight is 702 g/mol. The van der Waals surface area contributed by atoms with Gasteiger partial charge in [-0.1, -0.05) is 146 Å². The Morgan fingerprint density at radius 2 is 0.981 bits per heavy atom. The monoisotopic (exact) mass is 701 g/mol. The maximum atomic E-state index is 2.68. The molecule has 0 spiro atoms. The second-order valence-electron chi connectivity index (χ2n) is 19.5. The smallest absolute Gasteiger partial charge is 0.248 e. The van der Waals surface area contributed by atoms with Crippen LogP contribution in [-0.2, 0) is 21.7 Å². The van der Waals surface area contributed by atoms with Crippen molar-refractivity contribution in [1.29, 1.82) is 0 Å². The fourth-order valence-electron chi connectivity index (χ4n) is 10.7. The third-order valence-corrected chi connectivity index (χ3v) is 14.2. The molecule has 2 aliphatic carbocycles. The van der Waals surface area contributed by atoms with Gasteiger partial charge in [0.15, 0.2) is 0 Å². The van der Waals surface area contributed by atoms with Gasteiger partial charge >= 0.3 is 0 Å². The summed E-state index contributed by atoms with van der Waals surface area (Å²) in [6.07, 6.45) is 4.82. The van der Waals surface area contributed by atoms with Crippen LogP contribution in [0.5, 0.6) is 0 Å². The summed E-state index contributed by atoms with van der Waals surface area (Å²) in [4.78, 5) is 2.68. The predicted octanol–water partition coefficient (Wildman–Crippen LogP) is 12.0. The van der Waals surface area contributed by atoms with E-state index in [9.17, 15) is 0 Å². The Morgan fingerprint density at radius 1 is 0.407 bits per heavy atom. The number of nitrogens with zero attached hydrogens (tertiary/aromatic N) is 1. The molecule has 0 unspecified atom stereocenters. The molecule has 2 aliphatic heterocycles. The van der Waals surface area contributed by atoms with E-state index in [1.54, 1.807) is 0 Å². The van der Waals surface area contributed by atoms with Gasteiger partial charge in [0.1, 0.15) is 0 Å². The topological polar surface area (TPSA) is 3.24 Å². The summed E-state index contributed by atoms with van der Waals surface area (Å²) in [5.74, 6) is 0. The summed E-state index contributed by atoms with van der Waals surface area (Å²) < 4.78 is 0. The van der Waals surface area contributed by atoms with Crippen LogP contribution in [0, 0.1) is 0 Å². The lowest BCUT2D eigenvalue weighted by molar-refractivity contribution is 0.332. The second-order valence-corrected chi connectivity index (χ2v) is 19.5. The Balaban J connectivity index is 1.28. The molecule has 6 aromatic rings. The number of hydrogen-bond acceptors (Lipinski definition) is 1. The van der Waals surface area contributed by atoms with Crippen molar-refractivity contribution in [3.05, 3.63) is 144 Å². The molecule has 0 N–H and O–H groups in total. The largest absolute Gasteiger partial charge is 0.311 e. The van der Waals surface area contributed by atoms with Crippen molar-refractivity contribution in [2.24, 2.45) is 0 Å². The van der Waals surface area contributed by atoms with E-state index in [4.69, 9.17) is 0 Å². The van der Waals surface area contributed by atoms with E-state index in [2.05, 4.69) is 182 Å². The van der Waals surface area contributed by atoms with Crippen LogP contribution in [0.1, 0.15) is 103 Å². The molecule has 1 nitrogen and oxygen atoms in total. The minimum atomic E-state index is 0.103. The summed E-state index contributed by atoms with van der Waals surface area (Å²) in [7, 11) is 0. The van der Waals surface area contributed by atoms with Crippen molar-refractivity contribution in [2.75, 3.05) is 4.90 Å². The molecule has 268 valence electrons. The van der Waals surface area contributed by atoms with E-state index in [-0.39, 0.29) is 28.4 Å². The summed E-state index contributed by atoms with van der Waals surface area (Å²) in [6, 6.07) is 47.0. The van der Waals surface area contributed by atoms with Gasteiger partial charge in [-0.05, 0) is 150 Å². The van der Waals surface area contributed by atoms with Gasteiger partial charge in [0.2, 0.25) is 6.71 Å². The van der Waals surface area contributed by atoms with Crippen LogP contribution in [0.25, 0.3) is 33.4 Å². The molecule has 54 heavy (non-hydrogen) atoms. The lowest BCUT2D eigenvalue weighted by Gasteiger charge is -2.45. The minimum Gasteiger partial charge on any atom is -0.311 e. The third kappa shape index (κ3) is 4.91. The zero-order valence-electron chi connectivity index (χ0n) is 33.4. The minimum absolute atomic E-state index is 0.103. The Morgan fingerprint density at radius 3 is 1.69 bits per heavy atom. The van der Waals surface area contributed by atoms with Crippen molar-refractivity contribution < 1.29 is 0 Å². The Bertz CT molecular complexity index is 2510.